The zero-order chi connectivity index (χ0) is 21.3. The average Bonchev–Trinajstić information content (AvgIpc) is 2.68. The van der Waals surface area contributed by atoms with Gasteiger partial charge in [-0.05, 0) is 49.9 Å². The van der Waals surface area contributed by atoms with E-state index < -0.39 is 0 Å². The predicted octanol–water partition coefficient (Wildman–Crippen LogP) is 6.96. The van der Waals surface area contributed by atoms with Gasteiger partial charge in [0.1, 0.15) is 12.4 Å². The van der Waals surface area contributed by atoms with Gasteiger partial charge >= 0.3 is 11.9 Å². The van der Waals surface area contributed by atoms with Crippen molar-refractivity contribution in [3.63, 3.8) is 0 Å². The van der Waals surface area contributed by atoms with Crippen molar-refractivity contribution in [2.24, 2.45) is 0 Å². The number of unbranched alkanes of at least 4 members (excludes halogenated alkanes) is 7. The number of allylic oxidation sites excluding steroid dienone is 1. The van der Waals surface area contributed by atoms with E-state index in [1.54, 1.807) is 18.2 Å². The highest BCUT2D eigenvalue weighted by Crippen LogP contribution is 2.22. The molecule has 0 atom stereocenters. The van der Waals surface area contributed by atoms with Crippen molar-refractivity contribution in [2.75, 3.05) is 6.61 Å². The maximum Gasteiger partial charge on any atom is 0.311 e. The molecular weight excluding hydrogens is 388 g/mol. The van der Waals surface area contributed by atoms with Crippen LogP contribution < -0.4 is 4.74 Å². The summed E-state index contributed by atoms with van der Waals surface area (Å²) in [7, 11) is 0. The van der Waals surface area contributed by atoms with Crippen LogP contribution in [0.3, 0.4) is 0 Å². The van der Waals surface area contributed by atoms with Crippen LogP contribution >= 0.6 is 11.6 Å². The van der Waals surface area contributed by atoms with Crippen molar-refractivity contribution >= 4 is 23.5 Å². The van der Waals surface area contributed by atoms with E-state index in [4.69, 9.17) is 21.1 Å². The summed E-state index contributed by atoms with van der Waals surface area (Å²) in [5, 5.41) is 0.599. The highest BCUT2D eigenvalue weighted by Gasteiger charge is 2.09. The fraction of sp³-hybridized carbons (Fsp3) is 0.583. The van der Waals surface area contributed by atoms with Crippen LogP contribution in [0.5, 0.6) is 5.75 Å². The van der Waals surface area contributed by atoms with Crippen LogP contribution in [0.1, 0.15) is 83.1 Å². The molecule has 0 aliphatic rings. The molecule has 0 aliphatic carbocycles. The summed E-state index contributed by atoms with van der Waals surface area (Å²) in [4.78, 5) is 23.6. The Morgan fingerprint density at radius 2 is 1.62 bits per heavy atom. The average molecular weight is 423 g/mol. The largest absolute Gasteiger partial charge is 0.461 e. The molecule has 0 amide bonds. The first-order valence-corrected chi connectivity index (χ1v) is 11.2. The normalized spacial score (nSPS) is 11.0. The number of benzene rings is 1. The van der Waals surface area contributed by atoms with Gasteiger partial charge < -0.3 is 9.47 Å². The lowest BCUT2D eigenvalue weighted by Gasteiger charge is -2.07. The van der Waals surface area contributed by atoms with Gasteiger partial charge in [-0.25, -0.2) is 0 Å². The van der Waals surface area contributed by atoms with Gasteiger partial charge in [-0.2, -0.15) is 0 Å². The number of ether oxygens (including phenoxy) is 2. The van der Waals surface area contributed by atoms with E-state index in [1.165, 1.54) is 44.9 Å². The first-order valence-electron chi connectivity index (χ1n) is 10.8. The van der Waals surface area contributed by atoms with Crippen molar-refractivity contribution < 1.29 is 19.1 Å². The van der Waals surface area contributed by atoms with Gasteiger partial charge in [0.2, 0.25) is 0 Å². The molecule has 1 aromatic rings. The Labute approximate surface area is 180 Å². The monoisotopic (exact) mass is 422 g/mol. The molecule has 1 aromatic carbocycles. The van der Waals surface area contributed by atoms with Gasteiger partial charge in [0.05, 0.1) is 0 Å². The standard InChI is InChI=1S/C24H35ClO4/c1-3-4-5-6-7-8-9-10-11-12-18-28-23(26)14-13-15-24(27)29-22-17-16-21(25)19-20(22)2/h11-12,16-17,19H,3-10,13-15,18H2,1-2H3/b12-11+. The van der Waals surface area contributed by atoms with E-state index in [9.17, 15) is 9.59 Å². The highest BCUT2D eigenvalue weighted by atomic mass is 35.5. The topological polar surface area (TPSA) is 52.6 Å². The maximum absolute atomic E-state index is 11.9. The molecule has 0 unspecified atom stereocenters. The molecule has 0 bridgehead atoms. The summed E-state index contributed by atoms with van der Waals surface area (Å²) in [5.41, 5.74) is 0.800. The quantitative estimate of drug-likeness (QED) is 0.132. The number of hydrogen-bond acceptors (Lipinski definition) is 4. The minimum atomic E-state index is -0.363. The van der Waals surface area contributed by atoms with Crippen LogP contribution in [0.25, 0.3) is 0 Å². The minimum Gasteiger partial charge on any atom is -0.461 e. The third-order valence-electron chi connectivity index (χ3n) is 4.60. The lowest BCUT2D eigenvalue weighted by Crippen LogP contribution is -2.10. The van der Waals surface area contributed by atoms with Crippen LogP contribution in [0.4, 0.5) is 0 Å². The molecular formula is C24H35ClO4. The van der Waals surface area contributed by atoms with E-state index in [1.807, 2.05) is 13.0 Å². The van der Waals surface area contributed by atoms with Gasteiger partial charge in [0, 0.05) is 17.9 Å². The molecule has 29 heavy (non-hydrogen) atoms. The predicted molar refractivity (Wildman–Crippen MR) is 118 cm³/mol. The van der Waals surface area contributed by atoms with Gasteiger partial charge in [-0.15, -0.1) is 0 Å². The van der Waals surface area contributed by atoms with E-state index >= 15 is 0 Å². The summed E-state index contributed by atoms with van der Waals surface area (Å²) in [6.07, 6.45) is 14.9. The van der Waals surface area contributed by atoms with Gasteiger partial charge in [0.25, 0.3) is 0 Å². The molecule has 162 valence electrons. The molecule has 4 nitrogen and oxygen atoms in total. The van der Waals surface area contributed by atoms with Crippen molar-refractivity contribution in [3.8, 4) is 5.75 Å². The molecule has 0 spiro atoms. The molecule has 0 fully saturated rings. The van der Waals surface area contributed by atoms with E-state index in [2.05, 4.69) is 13.0 Å². The number of halogens is 1. The third kappa shape index (κ3) is 13.1. The fourth-order valence-electron chi connectivity index (χ4n) is 2.90. The molecule has 0 saturated carbocycles. The van der Waals surface area contributed by atoms with Crippen LogP contribution in [-0.2, 0) is 14.3 Å². The first-order chi connectivity index (χ1) is 14.0. The Bertz CT molecular complexity index is 640. The Hall–Kier alpha value is -1.81. The zero-order valence-corrected chi connectivity index (χ0v) is 18.6. The molecule has 0 heterocycles. The SMILES string of the molecule is CCCCCCCCC/C=C/COC(=O)CCCC(=O)Oc1ccc(Cl)cc1C. The Balaban J connectivity index is 2.02. The fourth-order valence-corrected chi connectivity index (χ4v) is 3.12. The minimum absolute atomic E-state index is 0.172. The second-order valence-corrected chi connectivity index (χ2v) is 7.74. The molecule has 0 aliphatic heterocycles. The molecule has 0 N–H and O–H groups in total. The number of hydrogen-bond donors (Lipinski definition) is 0. The molecule has 0 radical (unpaired) electrons. The summed E-state index contributed by atoms with van der Waals surface area (Å²) < 4.78 is 10.4. The second-order valence-electron chi connectivity index (χ2n) is 7.30. The summed E-state index contributed by atoms with van der Waals surface area (Å²) in [6.45, 7) is 4.35. The molecule has 0 saturated heterocycles. The summed E-state index contributed by atoms with van der Waals surface area (Å²) in [5.74, 6) is -0.160. The van der Waals surface area contributed by atoms with Crippen LogP contribution in [0.15, 0.2) is 30.4 Å². The zero-order valence-electron chi connectivity index (χ0n) is 17.9. The first kappa shape index (κ1) is 25.2. The third-order valence-corrected chi connectivity index (χ3v) is 4.84. The van der Waals surface area contributed by atoms with Crippen molar-refractivity contribution in [2.45, 2.75) is 84.5 Å². The van der Waals surface area contributed by atoms with Crippen molar-refractivity contribution in [1.82, 2.24) is 0 Å². The number of esters is 2. The maximum atomic E-state index is 11.9. The van der Waals surface area contributed by atoms with Crippen LogP contribution in [0, 0.1) is 6.92 Å². The molecule has 5 heteroatoms. The highest BCUT2D eigenvalue weighted by molar-refractivity contribution is 6.30. The van der Waals surface area contributed by atoms with E-state index in [0.717, 1.165) is 12.0 Å². The number of carbonyl (C=O) groups is 2. The second kappa shape index (κ2) is 16.0. The Morgan fingerprint density at radius 3 is 2.34 bits per heavy atom. The van der Waals surface area contributed by atoms with Gasteiger partial charge in [-0.3, -0.25) is 9.59 Å². The number of aryl methyl sites for hydroxylation is 1. The number of carbonyl (C=O) groups excluding carboxylic acids is 2. The molecule has 1 rings (SSSR count). The van der Waals surface area contributed by atoms with Crippen molar-refractivity contribution in [1.29, 1.82) is 0 Å². The Kier molecular flexibility index (Phi) is 14.0. The summed E-state index contributed by atoms with van der Waals surface area (Å²) >= 11 is 5.88. The molecule has 0 aromatic heterocycles. The van der Waals surface area contributed by atoms with Gasteiger partial charge in [-0.1, -0.05) is 69.2 Å². The van der Waals surface area contributed by atoms with Crippen molar-refractivity contribution in [3.05, 3.63) is 40.9 Å². The Morgan fingerprint density at radius 1 is 0.931 bits per heavy atom. The lowest BCUT2D eigenvalue weighted by atomic mass is 10.1. The van der Waals surface area contributed by atoms with Gasteiger partial charge in [0.15, 0.2) is 0 Å². The van der Waals surface area contributed by atoms with E-state index in [-0.39, 0.29) is 24.8 Å². The number of rotatable bonds is 15. The lowest BCUT2D eigenvalue weighted by molar-refractivity contribution is -0.142. The smallest absolute Gasteiger partial charge is 0.311 e. The van der Waals surface area contributed by atoms with E-state index in [0.29, 0.717) is 23.8 Å². The summed E-state index contributed by atoms with van der Waals surface area (Å²) in [6, 6.07) is 5.08. The van der Waals surface area contributed by atoms with Crippen LogP contribution in [-0.4, -0.2) is 18.5 Å². The van der Waals surface area contributed by atoms with Crippen LogP contribution in [0.2, 0.25) is 5.02 Å².